The number of hydrogen-bond donors (Lipinski definition) is 1. The number of rotatable bonds is 1. The smallest absolute Gasteiger partial charge is 0.186 e. The van der Waals surface area contributed by atoms with E-state index in [4.69, 9.17) is 4.98 Å². The number of aliphatic hydroxyl groups is 1. The van der Waals surface area contributed by atoms with Gasteiger partial charge in [0, 0.05) is 13.1 Å². The summed E-state index contributed by atoms with van der Waals surface area (Å²) in [6.45, 7) is 6.08. The fraction of sp³-hybridized carbons (Fsp3) is 0.500. The molecule has 0 atom stereocenters. The summed E-state index contributed by atoms with van der Waals surface area (Å²) in [5, 5.41) is 10.7. The highest BCUT2D eigenvalue weighted by atomic mass is 32.1. The van der Waals surface area contributed by atoms with Crippen LogP contribution in [0.3, 0.4) is 0 Å². The summed E-state index contributed by atoms with van der Waals surface area (Å²) in [6, 6.07) is 4.40. The van der Waals surface area contributed by atoms with Crippen molar-refractivity contribution in [3.63, 3.8) is 0 Å². The van der Waals surface area contributed by atoms with Crippen molar-refractivity contribution in [3.05, 3.63) is 23.3 Å². The van der Waals surface area contributed by atoms with Gasteiger partial charge in [0.05, 0.1) is 16.3 Å². The van der Waals surface area contributed by atoms with Gasteiger partial charge in [-0.15, -0.1) is 0 Å². The fourth-order valence-corrected chi connectivity index (χ4v) is 3.74. The van der Waals surface area contributed by atoms with Crippen molar-refractivity contribution in [2.24, 2.45) is 0 Å². The standard InChI is InChI=1S/C14H18N2OS/c1-9-7-10(2)13-12(8-9)18-14(15-13)16-5-3-11(17)4-6-16/h7-8,11,17H,3-6H2,1-2H3. The monoisotopic (exact) mass is 262 g/mol. The zero-order chi connectivity index (χ0) is 12.7. The summed E-state index contributed by atoms with van der Waals surface area (Å²) in [4.78, 5) is 7.06. The van der Waals surface area contributed by atoms with Crippen LogP contribution < -0.4 is 4.90 Å². The van der Waals surface area contributed by atoms with E-state index in [2.05, 4.69) is 30.9 Å². The van der Waals surface area contributed by atoms with Crippen LogP contribution in [0.5, 0.6) is 0 Å². The SMILES string of the molecule is Cc1cc(C)c2nc(N3CCC(O)CC3)sc2c1. The number of benzene rings is 1. The molecule has 1 fully saturated rings. The molecule has 0 radical (unpaired) electrons. The second-order valence-corrected chi connectivity index (χ2v) is 6.15. The van der Waals surface area contributed by atoms with Crippen molar-refractivity contribution in [1.82, 2.24) is 4.98 Å². The van der Waals surface area contributed by atoms with Gasteiger partial charge in [0.2, 0.25) is 0 Å². The first kappa shape index (κ1) is 11.9. The minimum absolute atomic E-state index is 0.125. The van der Waals surface area contributed by atoms with Crippen molar-refractivity contribution in [3.8, 4) is 0 Å². The van der Waals surface area contributed by atoms with E-state index in [1.165, 1.54) is 15.8 Å². The molecule has 0 amide bonds. The molecule has 1 N–H and O–H groups in total. The molecular formula is C14H18N2OS. The van der Waals surface area contributed by atoms with Crippen LogP contribution in [0.25, 0.3) is 10.2 Å². The number of hydrogen-bond acceptors (Lipinski definition) is 4. The number of aryl methyl sites for hydroxylation is 2. The molecular weight excluding hydrogens is 244 g/mol. The van der Waals surface area contributed by atoms with Crippen LogP contribution >= 0.6 is 11.3 Å². The van der Waals surface area contributed by atoms with Crippen LogP contribution in [-0.2, 0) is 0 Å². The Morgan fingerprint density at radius 3 is 2.72 bits per heavy atom. The first-order chi connectivity index (χ1) is 8.63. The summed E-state index contributed by atoms with van der Waals surface area (Å²) in [7, 11) is 0. The van der Waals surface area contributed by atoms with Crippen LogP contribution in [-0.4, -0.2) is 29.3 Å². The van der Waals surface area contributed by atoms with Gasteiger partial charge in [-0.1, -0.05) is 17.4 Å². The van der Waals surface area contributed by atoms with Gasteiger partial charge < -0.3 is 10.0 Å². The Hall–Kier alpha value is -1.13. The molecule has 1 aliphatic heterocycles. The maximum atomic E-state index is 9.55. The van der Waals surface area contributed by atoms with Crippen LogP contribution in [0.15, 0.2) is 12.1 Å². The maximum absolute atomic E-state index is 9.55. The predicted octanol–water partition coefficient (Wildman–Crippen LogP) is 2.87. The van der Waals surface area contributed by atoms with E-state index in [9.17, 15) is 5.11 Å². The minimum atomic E-state index is -0.125. The van der Waals surface area contributed by atoms with Gasteiger partial charge in [0.1, 0.15) is 0 Å². The molecule has 1 aliphatic rings. The van der Waals surface area contributed by atoms with Crippen molar-refractivity contribution >= 4 is 26.7 Å². The summed E-state index contributed by atoms with van der Waals surface area (Å²) in [6.07, 6.45) is 1.58. The third kappa shape index (κ3) is 2.10. The normalized spacial score (nSPS) is 17.6. The number of piperidine rings is 1. The van der Waals surface area contributed by atoms with Gasteiger partial charge >= 0.3 is 0 Å². The minimum Gasteiger partial charge on any atom is -0.393 e. The second kappa shape index (κ2) is 4.52. The van der Waals surface area contributed by atoms with Gasteiger partial charge in [-0.25, -0.2) is 4.98 Å². The zero-order valence-electron chi connectivity index (χ0n) is 10.8. The third-order valence-corrected chi connectivity index (χ3v) is 4.62. The van der Waals surface area contributed by atoms with E-state index in [1.807, 2.05) is 0 Å². The van der Waals surface area contributed by atoms with E-state index >= 15 is 0 Å². The Morgan fingerprint density at radius 1 is 1.28 bits per heavy atom. The molecule has 0 aliphatic carbocycles. The first-order valence-electron chi connectivity index (χ1n) is 6.44. The van der Waals surface area contributed by atoms with Gasteiger partial charge in [-0.2, -0.15) is 0 Å². The van der Waals surface area contributed by atoms with Gasteiger partial charge in [0.25, 0.3) is 0 Å². The largest absolute Gasteiger partial charge is 0.393 e. The van der Waals surface area contributed by atoms with E-state index in [-0.39, 0.29) is 6.10 Å². The molecule has 1 aromatic carbocycles. The lowest BCUT2D eigenvalue weighted by atomic mass is 10.1. The van der Waals surface area contributed by atoms with Gasteiger partial charge in [0.15, 0.2) is 5.13 Å². The van der Waals surface area contributed by atoms with Crippen molar-refractivity contribution < 1.29 is 5.11 Å². The Kier molecular flexibility index (Phi) is 2.99. The van der Waals surface area contributed by atoms with Gasteiger partial charge in [-0.05, 0) is 43.9 Å². The highest BCUT2D eigenvalue weighted by molar-refractivity contribution is 7.22. The summed E-state index contributed by atoms with van der Waals surface area (Å²) >= 11 is 1.77. The fourth-order valence-electron chi connectivity index (χ4n) is 2.55. The zero-order valence-corrected chi connectivity index (χ0v) is 11.6. The van der Waals surface area contributed by atoms with Gasteiger partial charge in [-0.3, -0.25) is 0 Å². The quantitative estimate of drug-likeness (QED) is 0.858. The summed E-state index contributed by atoms with van der Waals surface area (Å²) in [5.41, 5.74) is 3.68. The Balaban J connectivity index is 1.96. The molecule has 0 saturated carbocycles. The van der Waals surface area contributed by atoms with Crippen LogP contribution in [0, 0.1) is 13.8 Å². The number of aromatic nitrogens is 1. The predicted molar refractivity (Wildman–Crippen MR) is 76.5 cm³/mol. The molecule has 3 rings (SSSR count). The Morgan fingerprint density at radius 2 is 2.00 bits per heavy atom. The van der Waals surface area contributed by atoms with Crippen molar-refractivity contribution in [1.29, 1.82) is 0 Å². The average molecular weight is 262 g/mol. The van der Waals surface area contributed by atoms with E-state index in [1.54, 1.807) is 11.3 Å². The number of nitrogens with zero attached hydrogens (tertiary/aromatic N) is 2. The topological polar surface area (TPSA) is 36.4 Å². The maximum Gasteiger partial charge on any atom is 0.186 e. The van der Waals surface area contributed by atoms with Crippen molar-refractivity contribution in [2.75, 3.05) is 18.0 Å². The average Bonchev–Trinajstić information content (AvgIpc) is 2.74. The third-order valence-electron chi connectivity index (χ3n) is 3.55. The lowest BCUT2D eigenvalue weighted by Crippen LogP contribution is -2.35. The number of aliphatic hydroxyl groups excluding tert-OH is 1. The molecule has 1 saturated heterocycles. The molecule has 18 heavy (non-hydrogen) atoms. The van der Waals surface area contributed by atoms with E-state index < -0.39 is 0 Å². The summed E-state index contributed by atoms with van der Waals surface area (Å²) < 4.78 is 1.27. The van der Waals surface area contributed by atoms with Crippen LogP contribution in [0.2, 0.25) is 0 Å². The lowest BCUT2D eigenvalue weighted by molar-refractivity contribution is 0.145. The number of thiazole rings is 1. The highest BCUT2D eigenvalue weighted by Crippen LogP contribution is 2.32. The first-order valence-corrected chi connectivity index (χ1v) is 7.26. The van der Waals surface area contributed by atoms with E-state index in [0.717, 1.165) is 36.6 Å². The Bertz CT molecular complexity index is 570. The summed E-state index contributed by atoms with van der Waals surface area (Å²) in [5.74, 6) is 0. The molecule has 2 aromatic rings. The van der Waals surface area contributed by atoms with Crippen LogP contribution in [0.1, 0.15) is 24.0 Å². The molecule has 0 unspecified atom stereocenters. The molecule has 0 bridgehead atoms. The molecule has 2 heterocycles. The molecule has 3 nitrogen and oxygen atoms in total. The lowest BCUT2D eigenvalue weighted by Gasteiger charge is -2.28. The molecule has 4 heteroatoms. The highest BCUT2D eigenvalue weighted by Gasteiger charge is 2.20. The number of fused-ring (bicyclic) bond motifs is 1. The second-order valence-electron chi connectivity index (χ2n) is 5.14. The molecule has 96 valence electrons. The van der Waals surface area contributed by atoms with E-state index in [0.29, 0.717) is 0 Å². The molecule has 1 aromatic heterocycles. The Labute approximate surface area is 111 Å². The van der Waals surface area contributed by atoms with Crippen LogP contribution in [0.4, 0.5) is 5.13 Å². The van der Waals surface area contributed by atoms with Crippen molar-refractivity contribution in [2.45, 2.75) is 32.8 Å². The molecule has 0 spiro atoms. The number of anilines is 1.